The van der Waals surface area contributed by atoms with Gasteiger partial charge in [-0.2, -0.15) is 0 Å². The molecule has 1 saturated heterocycles. The monoisotopic (exact) mass is 502 g/mol. The lowest BCUT2D eigenvalue weighted by Crippen LogP contribution is -2.29. The van der Waals surface area contributed by atoms with Crippen LogP contribution in [0.3, 0.4) is 0 Å². The maximum absolute atomic E-state index is 13.4. The quantitative estimate of drug-likeness (QED) is 0.422. The lowest BCUT2D eigenvalue weighted by Gasteiger charge is -2.27. The van der Waals surface area contributed by atoms with Crippen molar-refractivity contribution in [3.63, 3.8) is 0 Å². The minimum absolute atomic E-state index is 0.0257. The van der Waals surface area contributed by atoms with E-state index in [1.165, 1.54) is 30.8 Å². The number of likely N-dealkylation sites (tertiary alicyclic amines) is 1. The topological polar surface area (TPSA) is 80.2 Å². The minimum atomic E-state index is -0.239. The van der Waals surface area contributed by atoms with Crippen LogP contribution in [0, 0.1) is 5.92 Å². The average Bonchev–Trinajstić information content (AvgIpc) is 3.46. The number of aryl methyl sites for hydroxylation is 1. The number of ether oxygens (including phenoxy) is 1. The van der Waals surface area contributed by atoms with Crippen molar-refractivity contribution < 1.29 is 4.74 Å². The van der Waals surface area contributed by atoms with Crippen molar-refractivity contribution in [2.75, 3.05) is 13.1 Å². The van der Waals surface area contributed by atoms with Gasteiger partial charge in [-0.15, -0.1) is 0 Å². The number of nitrogens with one attached hydrogen (secondary N) is 1. The zero-order chi connectivity index (χ0) is 24.2. The average molecular weight is 503 g/mol. The highest BCUT2D eigenvalue weighted by Crippen LogP contribution is 2.36. The van der Waals surface area contributed by atoms with Crippen LogP contribution in [0.1, 0.15) is 50.5 Å². The van der Waals surface area contributed by atoms with Gasteiger partial charge in [0.2, 0.25) is 0 Å². The second-order valence-corrected chi connectivity index (χ2v) is 11.7. The number of benzene rings is 2. The van der Waals surface area contributed by atoms with Crippen LogP contribution >= 0.6 is 11.5 Å². The molecule has 1 aliphatic carbocycles. The van der Waals surface area contributed by atoms with Crippen LogP contribution in [0.4, 0.5) is 0 Å². The summed E-state index contributed by atoms with van der Waals surface area (Å²) in [6.45, 7) is 3.77. The fourth-order valence-electron chi connectivity index (χ4n) is 6.26. The molecule has 7 nitrogen and oxygen atoms in total. The normalized spacial score (nSPS) is 22.3. The molecule has 2 atom stereocenters. The molecule has 2 aromatic carbocycles. The third-order valence-electron chi connectivity index (χ3n) is 8.13. The van der Waals surface area contributed by atoms with E-state index >= 15 is 0 Å². The van der Waals surface area contributed by atoms with Gasteiger partial charge < -0.3 is 9.72 Å². The van der Waals surface area contributed by atoms with Crippen LogP contribution in [-0.4, -0.2) is 38.0 Å². The number of hydrogen-bond donors (Lipinski definition) is 1. The first-order valence-corrected chi connectivity index (χ1v) is 14.0. The molecule has 1 N–H and O–H groups in total. The summed E-state index contributed by atoms with van der Waals surface area (Å²) >= 11 is 1.45. The second-order valence-electron chi connectivity index (χ2n) is 10.6. The third kappa shape index (κ3) is 3.87. The maximum Gasteiger partial charge on any atom is 0.275 e. The summed E-state index contributed by atoms with van der Waals surface area (Å²) in [5.41, 5.74) is 3.40. The zero-order valence-corrected chi connectivity index (χ0v) is 21.1. The largest absolute Gasteiger partial charge is 0.488 e. The van der Waals surface area contributed by atoms with Crippen molar-refractivity contribution in [1.82, 2.24) is 18.8 Å². The lowest BCUT2D eigenvalue weighted by molar-refractivity contribution is 0.203. The van der Waals surface area contributed by atoms with Crippen LogP contribution in [0.5, 0.6) is 5.75 Å². The molecule has 4 heterocycles. The number of aromatic nitrogens is 3. The van der Waals surface area contributed by atoms with Gasteiger partial charge >= 0.3 is 0 Å². The van der Waals surface area contributed by atoms with Gasteiger partial charge in [-0.3, -0.25) is 18.4 Å². The Morgan fingerprint density at radius 2 is 1.94 bits per heavy atom. The third-order valence-corrected chi connectivity index (χ3v) is 9.32. The molecule has 2 fully saturated rings. The molecule has 6 bridgehead atoms. The van der Waals surface area contributed by atoms with Gasteiger partial charge in [0.05, 0.1) is 21.7 Å². The molecule has 186 valence electrons. The van der Waals surface area contributed by atoms with Crippen molar-refractivity contribution in [3.8, 4) is 17.0 Å². The summed E-state index contributed by atoms with van der Waals surface area (Å²) < 4.78 is 9.32. The predicted molar refractivity (Wildman–Crippen MR) is 143 cm³/mol. The Morgan fingerprint density at radius 3 is 2.83 bits per heavy atom. The molecule has 36 heavy (non-hydrogen) atoms. The Morgan fingerprint density at radius 1 is 1.06 bits per heavy atom. The molecular weight excluding hydrogens is 472 g/mol. The highest BCUT2D eigenvalue weighted by Gasteiger charge is 2.28. The summed E-state index contributed by atoms with van der Waals surface area (Å²) in [5.74, 6) is 1.30. The molecule has 8 heteroatoms. The van der Waals surface area contributed by atoms with E-state index < -0.39 is 0 Å². The standard InChI is InChI=1S/C28H30N4O3S/c33-27-24-20-5-4-6-21-26(20)36-32(28(21)34)12-9-17-7-8-19(13-17)35-23-15-18(14-22(29-27)25(23)30-24)16-31-10-2-1-3-11-31/h4-6,14-15,17,19H,1-3,7-13,16H2,(H,29,33)/t17-,19?/m0/s1. The van der Waals surface area contributed by atoms with Crippen molar-refractivity contribution in [1.29, 1.82) is 0 Å². The fourth-order valence-corrected chi connectivity index (χ4v) is 7.38. The molecule has 4 aromatic rings. The molecular formula is C28H30N4O3S. The van der Waals surface area contributed by atoms with E-state index in [2.05, 4.69) is 22.0 Å². The number of nitrogens with zero attached hydrogens (tertiary/aromatic N) is 3. The highest BCUT2D eigenvalue weighted by atomic mass is 32.1. The molecule has 0 amide bonds. The number of piperidine rings is 1. The van der Waals surface area contributed by atoms with Gasteiger partial charge in [0.1, 0.15) is 17.0 Å². The van der Waals surface area contributed by atoms with Gasteiger partial charge in [0, 0.05) is 18.7 Å². The Kier molecular flexibility index (Phi) is 5.47. The smallest absolute Gasteiger partial charge is 0.275 e. The maximum atomic E-state index is 13.4. The van der Waals surface area contributed by atoms with Gasteiger partial charge in [-0.05, 0) is 81.3 Å². The van der Waals surface area contributed by atoms with E-state index in [1.54, 1.807) is 0 Å². The molecule has 7 rings (SSSR count). The molecule has 0 spiro atoms. The van der Waals surface area contributed by atoms with Crippen molar-refractivity contribution >= 4 is 32.7 Å². The molecule has 2 aromatic heterocycles. The zero-order valence-electron chi connectivity index (χ0n) is 20.3. The first kappa shape index (κ1) is 22.2. The van der Waals surface area contributed by atoms with Crippen LogP contribution in [-0.2, 0) is 13.1 Å². The van der Waals surface area contributed by atoms with Gasteiger partial charge in [-0.25, -0.2) is 4.98 Å². The van der Waals surface area contributed by atoms with Crippen LogP contribution in [0.25, 0.3) is 32.4 Å². The van der Waals surface area contributed by atoms with Gasteiger partial charge in [0.25, 0.3) is 11.1 Å². The summed E-state index contributed by atoms with van der Waals surface area (Å²) in [4.78, 5) is 37.0. The Hall–Kier alpha value is -2.97. The van der Waals surface area contributed by atoms with E-state index in [-0.39, 0.29) is 17.2 Å². The molecule has 0 radical (unpaired) electrons. The molecule has 2 aliphatic heterocycles. The van der Waals surface area contributed by atoms with Crippen LogP contribution in [0.2, 0.25) is 0 Å². The number of fused-ring (bicyclic) bond motifs is 5. The number of H-pyrrole nitrogens is 1. The summed E-state index contributed by atoms with van der Waals surface area (Å²) in [5, 5.41) is 0.659. The first-order chi connectivity index (χ1) is 17.6. The Balaban J connectivity index is 1.42. The Bertz CT molecular complexity index is 1580. The van der Waals surface area contributed by atoms with Crippen molar-refractivity contribution in [2.24, 2.45) is 5.92 Å². The summed E-state index contributed by atoms with van der Waals surface area (Å²) in [6, 6.07) is 9.80. The van der Waals surface area contributed by atoms with E-state index in [0.717, 1.165) is 61.3 Å². The van der Waals surface area contributed by atoms with E-state index in [4.69, 9.17) is 9.72 Å². The molecule has 1 unspecified atom stereocenters. The van der Waals surface area contributed by atoms with E-state index in [9.17, 15) is 9.59 Å². The first-order valence-electron chi connectivity index (χ1n) is 13.2. The van der Waals surface area contributed by atoms with Crippen molar-refractivity contribution in [3.05, 3.63) is 56.6 Å². The number of aromatic amines is 1. The van der Waals surface area contributed by atoms with E-state index in [1.807, 2.05) is 22.2 Å². The fraction of sp³-hybridized carbons (Fsp3) is 0.464. The van der Waals surface area contributed by atoms with Gasteiger partial charge in [0.15, 0.2) is 0 Å². The van der Waals surface area contributed by atoms with Crippen LogP contribution in [0.15, 0.2) is 39.9 Å². The van der Waals surface area contributed by atoms with Gasteiger partial charge in [-0.1, -0.05) is 30.1 Å². The second kappa shape index (κ2) is 8.85. The molecule has 3 aliphatic rings. The number of rotatable bonds is 2. The highest BCUT2D eigenvalue weighted by molar-refractivity contribution is 7.14. The summed E-state index contributed by atoms with van der Waals surface area (Å²) in [7, 11) is 0. The minimum Gasteiger partial charge on any atom is -0.488 e. The molecule has 1 saturated carbocycles. The number of hydrogen-bond acceptors (Lipinski definition) is 6. The summed E-state index contributed by atoms with van der Waals surface area (Å²) in [6.07, 6.45) is 7.97. The predicted octanol–water partition coefficient (Wildman–Crippen LogP) is 4.90. The lowest BCUT2D eigenvalue weighted by atomic mass is 10.0. The SMILES string of the molecule is O=c1[nH]c2cc(CN3CCCCC3)cc3c2nc1-c1cccc2c(=O)n(sc12)CC[C@@H]1CCC(C1)O3. The Labute approximate surface area is 212 Å². The van der Waals surface area contributed by atoms with Crippen LogP contribution < -0.4 is 15.9 Å². The van der Waals surface area contributed by atoms with E-state index in [0.29, 0.717) is 40.1 Å². The van der Waals surface area contributed by atoms with Crippen molar-refractivity contribution in [2.45, 2.75) is 64.1 Å².